The second-order valence-corrected chi connectivity index (χ2v) is 5.25. The van der Waals surface area contributed by atoms with E-state index in [-0.39, 0.29) is 5.82 Å². The molecule has 0 aliphatic heterocycles. The molecule has 0 amide bonds. The van der Waals surface area contributed by atoms with E-state index in [2.05, 4.69) is 6.08 Å². The molecule has 1 unspecified atom stereocenters. The molecule has 0 fully saturated rings. The van der Waals surface area contributed by atoms with E-state index in [0.29, 0.717) is 10.6 Å². The largest absolute Gasteiger partial charge is 0.320 e. The summed E-state index contributed by atoms with van der Waals surface area (Å²) in [6.45, 7) is 0. The van der Waals surface area contributed by atoms with Crippen molar-refractivity contribution in [3.8, 4) is 0 Å². The molecule has 0 spiro atoms. The molecule has 1 aromatic rings. The second-order valence-electron chi connectivity index (χ2n) is 4.84. The number of hydrogen-bond donors (Lipinski definition) is 1. The minimum atomic E-state index is -0.406. The molecule has 18 heavy (non-hydrogen) atoms. The standard InChI is InChI=1S/C15H19ClFN/c16-12-9-6-10-13(17)14(12)15(18)11-7-4-2-1-3-5-8-11/h6-7,9-10,15H,1-5,8,18H2/b11-7+. The van der Waals surface area contributed by atoms with Crippen molar-refractivity contribution in [1.82, 2.24) is 0 Å². The maximum Gasteiger partial charge on any atom is 0.129 e. The Balaban J connectivity index is 2.26. The summed E-state index contributed by atoms with van der Waals surface area (Å²) in [5, 5.41) is 0.422. The number of allylic oxidation sites excluding steroid dienone is 1. The van der Waals surface area contributed by atoms with Crippen molar-refractivity contribution in [1.29, 1.82) is 0 Å². The van der Waals surface area contributed by atoms with Gasteiger partial charge >= 0.3 is 0 Å². The monoisotopic (exact) mass is 267 g/mol. The first-order chi connectivity index (χ1) is 8.70. The highest BCUT2D eigenvalue weighted by molar-refractivity contribution is 6.31. The summed E-state index contributed by atoms with van der Waals surface area (Å²) in [5.74, 6) is -0.307. The Bertz CT molecular complexity index is 422. The van der Waals surface area contributed by atoms with Gasteiger partial charge in [0.2, 0.25) is 0 Å². The van der Waals surface area contributed by atoms with E-state index in [0.717, 1.165) is 24.8 Å². The summed E-state index contributed by atoms with van der Waals surface area (Å²) in [4.78, 5) is 0. The molecule has 98 valence electrons. The molecule has 1 aliphatic carbocycles. The fourth-order valence-electron chi connectivity index (χ4n) is 2.49. The first-order valence-corrected chi connectivity index (χ1v) is 6.96. The number of nitrogens with two attached hydrogens (primary N) is 1. The van der Waals surface area contributed by atoms with E-state index in [1.807, 2.05) is 0 Å². The zero-order valence-electron chi connectivity index (χ0n) is 10.5. The van der Waals surface area contributed by atoms with E-state index >= 15 is 0 Å². The Morgan fingerprint density at radius 3 is 2.72 bits per heavy atom. The van der Waals surface area contributed by atoms with Crippen LogP contribution in [0.1, 0.15) is 50.1 Å². The highest BCUT2D eigenvalue weighted by atomic mass is 35.5. The van der Waals surface area contributed by atoms with Gasteiger partial charge in [0.1, 0.15) is 5.82 Å². The van der Waals surface area contributed by atoms with Crippen LogP contribution in [0, 0.1) is 5.82 Å². The van der Waals surface area contributed by atoms with Gasteiger partial charge in [-0.3, -0.25) is 0 Å². The lowest BCUT2D eigenvalue weighted by Gasteiger charge is -2.20. The number of hydrogen-bond acceptors (Lipinski definition) is 1. The highest BCUT2D eigenvalue weighted by Crippen LogP contribution is 2.32. The van der Waals surface area contributed by atoms with E-state index in [1.165, 1.54) is 25.3 Å². The van der Waals surface area contributed by atoms with Crippen molar-refractivity contribution < 1.29 is 4.39 Å². The van der Waals surface area contributed by atoms with Crippen LogP contribution >= 0.6 is 11.6 Å². The third-order valence-corrected chi connectivity index (χ3v) is 3.87. The second kappa shape index (κ2) is 6.35. The van der Waals surface area contributed by atoms with Crippen LogP contribution in [0.3, 0.4) is 0 Å². The minimum absolute atomic E-state index is 0.307. The fraction of sp³-hybridized carbons (Fsp3) is 0.467. The predicted octanol–water partition coefficient (Wildman–Crippen LogP) is 4.76. The van der Waals surface area contributed by atoms with Crippen LogP contribution in [0.2, 0.25) is 5.02 Å². The lowest BCUT2D eigenvalue weighted by molar-refractivity contribution is 0.574. The Hall–Kier alpha value is -0.860. The molecule has 0 radical (unpaired) electrons. The van der Waals surface area contributed by atoms with Gasteiger partial charge in [0.15, 0.2) is 0 Å². The highest BCUT2D eigenvalue weighted by Gasteiger charge is 2.19. The smallest absolute Gasteiger partial charge is 0.129 e. The van der Waals surface area contributed by atoms with Gasteiger partial charge in [-0.05, 0) is 37.8 Å². The molecule has 2 rings (SSSR count). The molecular weight excluding hydrogens is 249 g/mol. The summed E-state index contributed by atoms with van der Waals surface area (Å²) in [6.07, 6.45) is 8.99. The first kappa shape index (κ1) is 13.6. The van der Waals surface area contributed by atoms with Crippen LogP contribution < -0.4 is 5.73 Å². The van der Waals surface area contributed by atoms with Gasteiger partial charge in [0.05, 0.1) is 6.04 Å². The maximum atomic E-state index is 13.8. The van der Waals surface area contributed by atoms with Gasteiger partial charge in [-0.25, -0.2) is 4.39 Å². The van der Waals surface area contributed by atoms with Crippen LogP contribution in [0.4, 0.5) is 4.39 Å². The number of benzene rings is 1. The van der Waals surface area contributed by atoms with E-state index in [9.17, 15) is 4.39 Å². The van der Waals surface area contributed by atoms with Gasteiger partial charge in [-0.15, -0.1) is 0 Å². The lowest BCUT2D eigenvalue weighted by Crippen LogP contribution is -2.16. The maximum absolute atomic E-state index is 13.8. The molecule has 0 heterocycles. The molecule has 1 nitrogen and oxygen atoms in total. The zero-order chi connectivity index (χ0) is 13.0. The molecule has 1 aliphatic rings. The molecular formula is C15H19ClFN. The van der Waals surface area contributed by atoms with Gasteiger partial charge in [0, 0.05) is 10.6 Å². The van der Waals surface area contributed by atoms with E-state index in [1.54, 1.807) is 12.1 Å². The SMILES string of the molecule is NC(/C1=C/CCCCCC1)c1c(F)cccc1Cl. The van der Waals surface area contributed by atoms with Crippen LogP contribution in [-0.2, 0) is 0 Å². The van der Waals surface area contributed by atoms with Crippen LogP contribution in [0.25, 0.3) is 0 Å². The normalized spacial score (nSPS) is 21.6. The van der Waals surface area contributed by atoms with Crippen molar-refractivity contribution in [2.24, 2.45) is 5.73 Å². The number of halogens is 2. The van der Waals surface area contributed by atoms with Gasteiger partial charge in [-0.1, -0.05) is 42.2 Å². The first-order valence-electron chi connectivity index (χ1n) is 6.58. The third-order valence-electron chi connectivity index (χ3n) is 3.54. The predicted molar refractivity (Wildman–Crippen MR) is 74.1 cm³/mol. The fourth-order valence-corrected chi connectivity index (χ4v) is 2.77. The van der Waals surface area contributed by atoms with Gasteiger partial charge in [0.25, 0.3) is 0 Å². The van der Waals surface area contributed by atoms with Crippen molar-refractivity contribution in [3.05, 3.63) is 46.3 Å². The molecule has 0 bridgehead atoms. The summed E-state index contributed by atoms with van der Waals surface area (Å²) < 4.78 is 13.8. The third kappa shape index (κ3) is 3.12. The Kier molecular flexibility index (Phi) is 4.79. The Morgan fingerprint density at radius 1 is 1.17 bits per heavy atom. The van der Waals surface area contributed by atoms with Crippen molar-refractivity contribution >= 4 is 11.6 Å². The van der Waals surface area contributed by atoms with Crippen molar-refractivity contribution in [3.63, 3.8) is 0 Å². The summed E-state index contributed by atoms with van der Waals surface area (Å²) >= 11 is 6.07. The van der Waals surface area contributed by atoms with Crippen LogP contribution in [0.15, 0.2) is 29.8 Å². The zero-order valence-corrected chi connectivity index (χ0v) is 11.2. The Morgan fingerprint density at radius 2 is 1.94 bits per heavy atom. The topological polar surface area (TPSA) is 26.0 Å². The van der Waals surface area contributed by atoms with Crippen LogP contribution in [0.5, 0.6) is 0 Å². The van der Waals surface area contributed by atoms with Crippen molar-refractivity contribution in [2.45, 2.75) is 44.6 Å². The molecule has 1 atom stereocenters. The molecule has 0 saturated heterocycles. The summed E-state index contributed by atoms with van der Waals surface area (Å²) in [7, 11) is 0. The molecule has 1 aromatic carbocycles. The van der Waals surface area contributed by atoms with E-state index < -0.39 is 6.04 Å². The Labute approximate surface area is 113 Å². The van der Waals surface area contributed by atoms with Crippen molar-refractivity contribution in [2.75, 3.05) is 0 Å². The van der Waals surface area contributed by atoms with Gasteiger partial charge < -0.3 is 5.73 Å². The number of rotatable bonds is 2. The summed E-state index contributed by atoms with van der Waals surface area (Å²) in [6, 6.07) is 4.32. The summed E-state index contributed by atoms with van der Waals surface area (Å²) in [5.41, 5.74) is 7.76. The molecule has 0 aromatic heterocycles. The lowest BCUT2D eigenvalue weighted by atomic mass is 9.91. The minimum Gasteiger partial charge on any atom is -0.320 e. The average Bonchev–Trinajstić information content (AvgIpc) is 2.27. The molecule has 2 N–H and O–H groups in total. The van der Waals surface area contributed by atoms with Gasteiger partial charge in [-0.2, -0.15) is 0 Å². The molecule has 3 heteroatoms. The van der Waals surface area contributed by atoms with Crippen LogP contribution in [-0.4, -0.2) is 0 Å². The quantitative estimate of drug-likeness (QED) is 0.768. The average molecular weight is 268 g/mol. The molecule has 0 saturated carbocycles. The van der Waals surface area contributed by atoms with E-state index in [4.69, 9.17) is 17.3 Å².